The Morgan fingerprint density at radius 1 is 1.16 bits per heavy atom. The average Bonchev–Trinajstić information content (AvgIpc) is 2.60. The highest BCUT2D eigenvalue weighted by Gasteiger charge is 2.15. The van der Waals surface area contributed by atoms with Crippen LogP contribution in [-0.2, 0) is 16.1 Å². The van der Waals surface area contributed by atoms with E-state index in [1.165, 1.54) is 0 Å². The van der Waals surface area contributed by atoms with Gasteiger partial charge in [-0.25, -0.2) is 0 Å². The molecular formula is C20H25NO4. The molecule has 0 aliphatic rings. The lowest BCUT2D eigenvalue weighted by Gasteiger charge is -2.16. The molecule has 0 bridgehead atoms. The van der Waals surface area contributed by atoms with E-state index in [4.69, 9.17) is 14.6 Å². The molecule has 2 rings (SSSR count). The zero-order chi connectivity index (χ0) is 18.2. The standard InChI is InChI=1S/C20H25NO4/c1-4-24-19(13-20(22)23)16-8-10-18(11-9-16)25-14-15-6-5-7-17(12-15)21(2)3/h5-12,19H,4,13-14H2,1-3H3,(H,22,23)/t19-/m0/s1. The van der Waals surface area contributed by atoms with E-state index >= 15 is 0 Å². The molecular weight excluding hydrogens is 318 g/mol. The molecule has 1 atom stereocenters. The Balaban J connectivity index is 2.00. The summed E-state index contributed by atoms with van der Waals surface area (Å²) in [5.74, 6) is -0.135. The first kappa shape index (κ1) is 18.8. The summed E-state index contributed by atoms with van der Waals surface area (Å²) < 4.78 is 11.3. The normalized spacial score (nSPS) is 11.8. The SMILES string of the molecule is CCO[C@@H](CC(=O)O)c1ccc(OCc2cccc(N(C)C)c2)cc1. The molecule has 0 amide bonds. The van der Waals surface area contributed by atoms with Gasteiger partial charge in [0, 0.05) is 26.4 Å². The van der Waals surface area contributed by atoms with Crippen LogP contribution in [0, 0.1) is 0 Å². The molecule has 0 aliphatic carbocycles. The van der Waals surface area contributed by atoms with Gasteiger partial charge in [-0.15, -0.1) is 0 Å². The summed E-state index contributed by atoms with van der Waals surface area (Å²) in [6.07, 6.45) is -0.487. The van der Waals surface area contributed by atoms with Crippen molar-refractivity contribution in [3.63, 3.8) is 0 Å². The summed E-state index contributed by atoms with van der Waals surface area (Å²) >= 11 is 0. The van der Waals surface area contributed by atoms with E-state index in [9.17, 15) is 4.79 Å². The van der Waals surface area contributed by atoms with Gasteiger partial charge in [0.25, 0.3) is 0 Å². The molecule has 0 aromatic heterocycles. The number of hydrogen-bond donors (Lipinski definition) is 1. The van der Waals surface area contributed by atoms with E-state index in [-0.39, 0.29) is 6.42 Å². The fraction of sp³-hybridized carbons (Fsp3) is 0.350. The van der Waals surface area contributed by atoms with Crippen molar-refractivity contribution in [3.05, 3.63) is 59.7 Å². The van der Waals surface area contributed by atoms with Crippen molar-refractivity contribution in [2.45, 2.75) is 26.1 Å². The third kappa shape index (κ3) is 5.80. The Labute approximate surface area is 148 Å². The summed E-state index contributed by atoms with van der Waals surface area (Å²) in [5.41, 5.74) is 3.06. The minimum atomic E-state index is -0.875. The fourth-order valence-electron chi connectivity index (χ4n) is 2.50. The lowest BCUT2D eigenvalue weighted by molar-refractivity contribution is -0.140. The first-order valence-electron chi connectivity index (χ1n) is 8.32. The summed E-state index contributed by atoms with van der Waals surface area (Å²) in [4.78, 5) is 13.0. The Morgan fingerprint density at radius 2 is 1.88 bits per heavy atom. The van der Waals surface area contributed by atoms with E-state index in [2.05, 4.69) is 17.0 Å². The fourth-order valence-corrected chi connectivity index (χ4v) is 2.50. The van der Waals surface area contributed by atoms with Crippen LogP contribution in [0.4, 0.5) is 5.69 Å². The topological polar surface area (TPSA) is 59.0 Å². The van der Waals surface area contributed by atoms with Gasteiger partial charge in [-0.3, -0.25) is 4.79 Å². The summed E-state index contributed by atoms with van der Waals surface area (Å²) in [6, 6.07) is 15.6. The van der Waals surface area contributed by atoms with Crippen LogP contribution in [0.3, 0.4) is 0 Å². The molecule has 0 spiro atoms. The van der Waals surface area contributed by atoms with E-state index in [0.717, 1.165) is 22.6 Å². The summed E-state index contributed by atoms with van der Waals surface area (Å²) in [6.45, 7) is 2.80. The Hall–Kier alpha value is -2.53. The van der Waals surface area contributed by atoms with Crippen molar-refractivity contribution in [2.24, 2.45) is 0 Å². The number of ether oxygens (including phenoxy) is 2. The van der Waals surface area contributed by atoms with Gasteiger partial charge < -0.3 is 19.5 Å². The molecule has 0 heterocycles. The number of hydrogen-bond acceptors (Lipinski definition) is 4. The Morgan fingerprint density at radius 3 is 2.48 bits per heavy atom. The molecule has 0 unspecified atom stereocenters. The number of aliphatic carboxylic acids is 1. The molecule has 1 N–H and O–H groups in total. The molecule has 0 fully saturated rings. The number of benzene rings is 2. The monoisotopic (exact) mass is 343 g/mol. The number of nitrogens with zero attached hydrogens (tertiary/aromatic N) is 1. The summed E-state index contributed by atoms with van der Waals surface area (Å²) in [5, 5.41) is 8.99. The molecule has 134 valence electrons. The molecule has 0 saturated carbocycles. The van der Waals surface area contributed by atoms with Crippen LogP contribution in [0.5, 0.6) is 5.75 Å². The maximum atomic E-state index is 11.0. The molecule has 0 radical (unpaired) electrons. The van der Waals surface area contributed by atoms with Crippen molar-refractivity contribution in [3.8, 4) is 5.75 Å². The number of carboxylic acid groups (broad SMARTS) is 1. The second-order valence-corrected chi connectivity index (χ2v) is 5.96. The molecule has 2 aromatic rings. The smallest absolute Gasteiger partial charge is 0.306 e. The molecule has 0 saturated heterocycles. The van der Waals surface area contributed by atoms with Gasteiger partial charge in [-0.05, 0) is 42.3 Å². The molecule has 25 heavy (non-hydrogen) atoms. The summed E-state index contributed by atoms with van der Waals surface area (Å²) in [7, 11) is 4.01. The van der Waals surface area contributed by atoms with Gasteiger partial charge in [0.1, 0.15) is 12.4 Å². The number of anilines is 1. The van der Waals surface area contributed by atoms with Crippen molar-refractivity contribution < 1.29 is 19.4 Å². The number of rotatable bonds is 9. The van der Waals surface area contributed by atoms with Gasteiger partial charge in [0.05, 0.1) is 12.5 Å². The van der Waals surface area contributed by atoms with E-state index in [1.54, 1.807) is 0 Å². The zero-order valence-corrected chi connectivity index (χ0v) is 14.9. The predicted molar refractivity (Wildman–Crippen MR) is 98.2 cm³/mol. The van der Waals surface area contributed by atoms with Crippen molar-refractivity contribution in [1.82, 2.24) is 0 Å². The van der Waals surface area contributed by atoms with Crippen LogP contribution >= 0.6 is 0 Å². The van der Waals surface area contributed by atoms with Crippen molar-refractivity contribution in [2.75, 3.05) is 25.6 Å². The third-order valence-electron chi connectivity index (χ3n) is 3.81. The van der Waals surface area contributed by atoms with Crippen LogP contribution in [0.1, 0.15) is 30.6 Å². The minimum Gasteiger partial charge on any atom is -0.489 e. The van der Waals surface area contributed by atoms with Crippen LogP contribution in [0.2, 0.25) is 0 Å². The number of carboxylic acids is 1. The van der Waals surface area contributed by atoms with Crippen LogP contribution < -0.4 is 9.64 Å². The molecule has 2 aromatic carbocycles. The van der Waals surface area contributed by atoms with Gasteiger partial charge in [0.2, 0.25) is 0 Å². The van der Waals surface area contributed by atoms with Crippen molar-refractivity contribution in [1.29, 1.82) is 0 Å². The molecule has 5 heteroatoms. The maximum absolute atomic E-state index is 11.0. The van der Waals surface area contributed by atoms with E-state index < -0.39 is 12.1 Å². The average molecular weight is 343 g/mol. The second kappa shape index (κ2) is 9.08. The lowest BCUT2D eigenvalue weighted by Crippen LogP contribution is -2.10. The minimum absolute atomic E-state index is 0.0502. The Kier molecular flexibility index (Phi) is 6.83. The first-order valence-corrected chi connectivity index (χ1v) is 8.32. The van der Waals surface area contributed by atoms with Gasteiger partial charge in [-0.2, -0.15) is 0 Å². The zero-order valence-electron chi connectivity index (χ0n) is 14.9. The van der Waals surface area contributed by atoms with E-state index in [1.807, 2.05) is 57.4 Å². The first-order chi connectivity index (χ1) is 12.0. The second-order valence-electron chi connectivity index (χ2n) is 5.96. The largest absolute Gasteiger partial charge is 0.489 e. The van der Waals surface area contributed by atoms with E-state index in [0.29, 0.717) is 13.2 Å². The predicted octanol–water partition coefficient (Wildman–Crippen LogP) is 3.88. The molecule has 5 nitrogen and oxygen atoms in total. The van der Waals surface area contributed by atoms with Crippen molar-refractivity contribution >= 4 is 11.7 Å². The van der Waals surface area contributed by atoms with Gasteiger partial charge in [-0.1, -0.05) is 24.3 Å². The highest BCUT2D eigenvalue weighted by Crippen LogP contribution is 2.24. The third-order valence-corrected chi connectivity index (χ3v) is 3.81. The quantitative estimate of drug-likeness (QED) is 0.749. The lowest BCUT2D eigenvalue weighted by atomic mass is 10.1. The Bertz CT molecular complexity index is 682. The van der Waals surface area contributed by atoms with Gasteiger partial charge >= 0.3 is 5.97 Å². The van der Waals surface area contributed by atoms with Gasteiger partial charge in [0.15, 0.2) is 0 Å². The highest BCUT2D eigenvalue weighted by atomic mass is 16.5. The van der Waals surface area contributed by atoms with Crippen LogP contribution in [0.25, 0.3) is 0 Å². The highest BCUT2D eigenvalue weighted by molar-refractivity contribution is 5.67. The van der Waals surface area contributed by atoms with Crippen LogP contribution in [-0.4, -0.2) is 31.8 Å². The molecule has 0 aliphatic heterocycles. The number of carbonyl (C=O) groups is 1. The maximum Gasteiger partial charge on any atom is 0.306 e. The van der Waals surface area contributed by atoms with Crippen LogP contribution in [0.15, 0.2) is 48.5 Å².